The molecular weight excluding hydrogens is 268 g/mol. The number of nitriles is 1. The van der Waals surface area contributed by atoms with Gasteiger partial charge >= 0.3 is 0 Å². The van der Waals surface area contributed by atoms with Gasteiger partial charge in [0.2, 0.25) is 5.91 Å². The minimum Gasteiger partial charge on any atom is -0.354 e. The maximum atomic E-state index is 11.8. The van der Waals surface area contributed by atoms with Crippen molar-refractivity contribution in [3.63, 3.8) is 0 Å². The van der Waals surface area contributed by atoms with Crippen molar-refractivity contribution in [3.8, 4) is 6.07 Å². The average molecular weight is 284 g/mol. The van der Waals surface area contributed by atoms with Gasteiger partial charge in [0, 0.05) is 32.4 Å². The Hall–Kier alpha value is -2.62. The van der Waals surface area contributed by atoms with Crippen LogP contribution in [0.25, 0.3) is 11.0 Å². The van der Waals surface area contributed by atoms with Crippen LogP contribution in [-0.4, -0.2) is 51.9 Å². The van der Waals surface area contributed by atoms with E-state index in [1.54, 1.807) is 4.90 Å². The van der Waals surface area contributed by atoms with E-state index in [2.05, 4.69) is 19.9 Å². The Bertz CT molecular complexity index is 703. The third-order valence-electron chi connectivity index (χ3n) is 3.96. The fourth-order valence-corrected chi connectivity index (χ4v) is 2.78. The Morgan fingerprint density at radius 1 is 1.62 bits per heavy atom. The zero-order valence-corrected chi connectivity index (χ0v) is 11.8. The van der Waals surface area contributed by atoms with Crippen LogP contribution < -0.4 is 4.90 Å². The van der Waals surface area contributed by atoms with Crippen molar-refractivity contribution in [1.29, 1.82) is 5.26 Å². The lowest BCUT2D eigenvalue weighted by Gasteiger charge is -2.26. The molecule has 3 heterocycles. The SMILES string of the molecule is CN(c1ncnc2[nH]ccc12)[C@H]1CCN(C(=O)CC#N)C1. The Kier molecular flexibility index (Phi) is 3.44. The lowest BCUT2D eigenvalue weighted by molar-refractivity contribution is -0.129. The van der Waals surface area contributed by atoms with E-state index in [4.69, 9.17) is 5.26 Å². The second kappa shape index (κ2) is 5.40. The standard InChI is InChI=1S/C14H16N6O/c1-19(10-4-7-20(8-10)12(21)2-5-15)14-11-3-6-16-13(11)17-9-18-14/h3,6,9-10H,2,4,7-8H2,1H3,(H,16,17,18)/t10-/m0/s1. The van der Waals surface area contributed by atoms with E-state index >= 15 is 0 Å². The van der Waals surface area contributed by atoms with Crippen LogP contribution in [0.15, 0.2) is 18.6 Å². The normalized spacial score (nSPS) is 17.9. The number of aromatic nitrogens is 3. The predicted octanol–water partition coefficient (Wildman–Crippen LogP) is 0.909. The fourth-order valence-electron chi connectivity index (χ4n) is 2.78. The average Bonchev–Trinajstić information content (AvgIpc) is 3.15. The largest absolute Gasteiger partial charge is 0.354 e. The van der Waals surface area contributed by atoms with Gasteiger partial charge in [-0.05, 0) is 12.5 Å². The zero-order chi connectivity index (χ0) is 14.8. The molecule has 1 N–H and O–H groups in total. The van der Waals surface area contributed by atoms with Crippen LogP contribution in [0.5, 0.6) is 0 Å². The molecule has 0 bridgehead atoms. The summed E-state index contributed by atoms with van der Waals surface area (Å²) in [5, 5.41) is 9.59. The number of likely N-dealkylation sites (N-methyl/N-ethyl adjacent to an activating group) is 1. The first-order chi connectivity index (χ1) is 10.2. The highest BCUT2D eigenvalue weighted by Crippen LogP contribution is 2.25. The van der Waals surface area contributed by atoms with Gasteiger partial charge in [-0.25, -0.2) is 9.97 Å². The van der Waals surface area contributed by atoms with E-state index in [9.17, 15) is 4.79 Å². The molecule has 0 aromatic carbocycles. The molecule has 0 radical (unpaired) electrons. The van der Waals surface area contributed by atoms with E-state index in [-0.39, 0.29) is 18.4 Å². The van der Waals surface area contributed by atoms with Crippen molar-refractivity contribution in [1.82, 2.24) is 19.9 Å². The minimum atomic E-state index is -0.0946. The summed E-state index contributed by atoms with van der Waals surface area (Å²) >= 11 is 0. The number of likely N-dealkylation sites (tertiary alicyclic amines) is 1. The zero-order valence-electron chi connectivity index (χ0n) is 11.8. The van der Waals surface area contributed by atoms with Gasteiger partial charge in [-0.3, -0.25) is 4.79 Å². The number of hydrogen-bond donors (Lipinski definition) is 1. The van der Waals surface area contributed by atoms with Crippen molar-refractivity contribution in [2.24, 2.45) is 0 Å². The minimum absolute atomic E-state index is 0.0496. The summed E-state index contributed by atoms with van der Waals surface area (Å²) in [5.74, 6) is 0.767. The molecule has 2 aromatic rings. The van der Waals surface area contributed by atoms with Gasteiger partial charge in [0.05, 0.1) is 11.5 Å². The van der Waals surface area contributed by atoms with E-state index < -0.39 is 0 Å². The Morgan fingerprint density at radius 2 is 2.48 bits per heavy atom. The molecular formula is C14H16N6O. The smallest absolute Gasteiger partial charge is 0.236 e. The second-order valence-electron chi connectivity index (χ2n) is 5.17. The van der Waals surface area contributed by atoms with Crippen LogP contribution in [0, 0.1) is 11.3 Å². The molecule has 0 unspecified atom stereocenters. The topological polar surface area (TPSA) is 88.9 Å². The van der Waals surface area contributed by atoms with Crippen molar-refractivity contribution in [3.05, 3.63) is 18.6 Å². The lowest BCUT2D eigenvalue weighted by Crippen LogP contribution is -2.37. The summed E-state index contributed by atoms with van der Waals surface area (Å²) in [6.07, 6.45) is 4.21. The Balaban J connectivity index is 1.78. The van der Waals surface area contributed by atoms with Crippen LogP contribution in [-0.2, 0) is 4.79 Å². The molecule has 1 atom stereocenters. The number of aromatic amines is 1. The van der Waals surface area contributed by atoms with Crippen molar-refractivity contribution in [2.45, 2.75) is 18.9 Å². The third kappa shape index (κ3) is 2.40. The second-order valence-corrected chi connectivity index (χ2v) is 5.17. The molecule has 0 saturated carbocycles. The number of hydrogen-bond acceptors (Lipinski definition) is 5. The lowest BCUT2D eigenvalue weighted by atomic mass is 10.2. The number of anilines is 1. The Labute approximate surface area is 122 Å². The molecule has 1 saturated heterocycles. The fraction of sp³-hybridized carbons (Fsp3) is 0.429. The van der Waals surface area contributed by atoms with Crippen LogP contribution in [0.3, 0.4) is 0 Å². The summed E-state index contributed by atoms with van der Waals surface area (Å²) < 4.78 is 0. The number of nitrogens with zero attached hydrogens (tertiary/aromatic N) is 5. The summed E-state index contributed by atoms with van der Waals surface area (Å²) in [7, 11) is 1.98. The first-order valence-corrected chi connectivity index (χ1v) is 6.86. The first kappa shape index (κ1) is 13.4. The van der Waals surface area contributed by atoms with Crippen LogP contribution in [0.2, 0.25) is 0 Å². The summed E-state index contributed by atoms with van der Waals surface area (Å²) in [5.41, 5.74) is 0.808. The van der Waals surface area contributed by atoms with Crippen molar-refractivity contribution >= 4 is 22.8 Å². The van der Waals surface area contributed by atoms with E-state index in [1.807, 2.05) is 25.4 Å². The van der Waals surface area contributed by atoms with Gasteiger partial charge < -0.3 is 14.8 Å². The van der Waals surface area contributed by atoms with Gasteiger partial charge in [-0.1, -0.05) is 0 Å². The number of fused-ring (bicyclic) bond motifs is 1. The number of nitrogens with one attached hydrogen (secondary N) is 1. The molecule has 108 valence electrons. The molecule has 0 aliphatic carbocycles. The first-order valence-electron chi connectivity index (χ1n) is 6.86. The van der Waals surface area contributed by atoms with Gasteiger partial charge in [0.25, 0.3) is 0 Å². The highest BCUT2D eigenvalue weighted by Gasteiger charge is 2.29. The van der Waals surface area contributed by atoms with E-state index in [0.29, 0.717) is 13.1 Å². The molecule has 1 aliphatic heterocycles. The molecule has 1 amide bonds. The van der Waals surface area contributed by atoms with Crippen LogP contribution in [0.1, 0.15) is 12.8 Å². The maximum Gasteiger partial charge on any atom is 0.236 e. The molecule has 2 aromatic heterocycles. The van der Waals surface area contributed by atoms with E-state index in [0.717, 1.165) is 23.3 Å². The van der Waals surface area contributed by atoms with Gasteiger partial charge in [0.1, 0.15) is 24.2 Å². The number of H-pyrrole nitrogens is 1. The van der Waals surface area contributed by atoms with Crippen molar-refractivity contribution in [2.75, 3.05) is 25.0 Å². The molecule has 1 aliphatic rings. The maximum absolute atomic E-state index is 11.8. The van der Waals surface area contributed by atoms with Crippen molar-refractivity contribution < 1.29 is 4.79 Å². The molecule has 3 rings (SSSR count). The number of rotatable bonds is 3. The predicted molar refractivity (Wildman–Crippen MR) is 77.5 cm³/mol. The third-order valence-corrected chi connectivity index (χ3v) is 3.96. The molecule has 0 spiro atoms. The molecule has 7 heteroatoms. The number of carbonyl (C=O) groups is 1. The number of carbonyl (C=O) groups excluding carboxylic acids is 1. The highest BCUT2D eigenvalue weighted by molar-refractivity contribution is 5.87. The summed E-state index contributed by atoms with van der Waals surface area (Å²) in [6.45, 7) is 1.32. The Morgan fingerprint density at radius 3 is 3.29 bits per heavy atom. The van der Waals surface area contributed by atoms with Gasteiger partial charge in [-0.15, -0.1) is 0 Å². The van der Waals surface area contributed by atoms with E-state index in [1.165, 1.54) is 6.33 Å². The molecule has 1 fully saturated rings. The monoisotopic (exact) mass is 284 g/mol. The summed E-state index contributed by atoms with van der Waals surface area (Å²) in [4.78, 5) is 27.2. The quantitative estimate of drug-likeness (QED) is 0.905. The molecule has 21 heavy (non-hydrogen) atoms. The summed E-state index contributed by atoms with van der Waals surface area (Å²) in [6, 6.07) is 4.07. The molecule has 7 nitrogen and oxygen atoms in total. The number of amides is 1. The highest BCUT2D eigenvalue weighted by atomic mass is 16.2. The van der Waals surface area contributed by atoms with Gasteiger partial charge in [0.15, 0.2) is 0 Å². The van der Waals surface area contributed by atoms with Crippen LogP contribution >= 0.6 is 0 Å². The van der Waals surface area contributed by atoms with Crippen LogP contribution in [0.4, 0.5) is 5.82 Å². The van der Waals surface area contributed by atoms with Gasteiger partial charge in [-0.2, -0.15) is 5.26 Å².